The molecule has 1 aromatic carbocycles. The Morgan fingerprint density at radius 1 is 1.28 bits per heavy atom. The molecule has 0 saturated carbocycles. The molecule has 0 saturated heterocycles. The van der Waals surface area contributed by atoms with Crippen molar-refractivity contribution >= 4 is 5.97 Å². The van der Waals surface area contributed by atoms with E-state index >= 15 is 0 Å². The van der Waals surface area contributed by atoms with E-state index in [4.69, 9.17) is 10.5 Å². The van der Waals surface area contributed by atoms with Gasteiger partial charge in [0.15, 0.2) is 0 Å². The first-order valence-corrected chi connectivity index (χ1v) is 5.94. The fourth-order valence-electron chi connectivity index (χ4n) is 1.52. The van der Waals surface area contributed by atoms with Gasteiger partial charge in [-0.2, -0.15) is 0 Å². The van der Waals surface area contributed by atoms with E-state index in [1.165, 1.54) is 12.1 Å². The van der Waals surface area contributed by atoms with Crippen molar-refractivity contribution in [2.24, 2.45) is 11.7 Å². The number of carbonyl (C=O) groups excluding carboxylic acids is 1. The molecule has 0 aliphatic rings. The molecule has 4 heteroatoms. The summed E-state index contributed by atoms with van der Waals surface area (Å²) >= 11 is 0. The topological polar surface area (TPSA) is 52.3 Å². The average molecular weight is 253 g/mol. The first-order chi connectivity index (χ1) is 8.20. The Morgan fingerprint density at radius 2 is 1.78 bits per heavy atom. The molecule has 1 rings (SSSR count). The van der Waals surface area contributed by atoms with Gasteiger partial charge in [-0.1, -0.05) is 19.1 Å². The molecule has 100 valence electrons. The third-order valence-electron chi connectivity index (χ3n) is 2.57. The molecule has 0 aromatic heterocycles. The molecule has 0 aliphatic carbocycles. The Labute approximate surface area is 107 Å². The number of esters is 1. The van der Waals surface area contributed by atoms with Crippen LogP contribution in [0.3, 0.4) is 0 Å². The van der Waals surface area contributed by atoms with Crippen LogP contribution in [-0.4, -0.2) is 11.6 Å². The maximum absolute atomic E-state index is 12.8. The zero-order chi connectivity index (χ0) is 13.9. The summed E-state index contributed by atoms with van der Waals surface area (Å²) in [6.45, 7) is 7.13. The predicted molar refractivity (Wildman–Crippen MR) is 68.3 cm³/mol. The molecule has 2 N–H and O–H groups in total. The summed E-state index contributed by atoms with van der Waals surface area (Å²) in [5, 5.41) is 0. The average Bonchev–Trinajstić information content (AvgIpc) is 2.26. The van der Waals surface area contributed by atoms with Gasteiger partial charge in [-0.3, -0.25) is 4.79 Å². The molecule has 2 atom stereocenters. The van der Waals surface area contributed by atoms with Gasteiger partial charge < -0.3 is 10.5 Å². The van der Waals surface area contributed by atoms with Gasteiger partial charge >= 0.3 is 5.97 Å². The maximum atomic E-state index is 12.8. The number of rotatable bonds is 3. The fourth-order valence-corrected chi connectivity index (χ4v) is 1.52. The Hall–Kier alpha value is -1.42. The van der Waals surface area contributed by atoms with Gasteiger partial charge in [0.1, 0.15) is 11.4 Å². The lowest BCUT2D eigenvalue weighted by molar-refractivity contribution is -0.160. The first kappa shape index (κ1) is 14.6. The molecule has 0 bridgehead atoms. The molecule has 2 unspecified atom stereocenters. The van der Waals surface area contributed by atoms with Crippen LogP contribution in [0.25, 0.3) is 0 Å². The normalized spacial score (nSPS) is 15.0. The van der Waals surface area contributed by atoms with Crippen molar-refractivity contribution in [2.75, 3.05) is 0 Å². The van der Waals surface area contributed by atoms with Crippen molar-refractivity contribution in [1.29, 1.82) is 0 Å². The fraction of sp³-hybridized carbons (Fsp3) is 0.500. The van der Waals surface area contributed by atoms with E-state index in [-0.39, 0.29) is 11.8 Å². The molecule has 3 nitrogen and oxygen atoms in total. The van der Waals surface area contributed by atoms with Crippen LogP contribution in [0.1, 0.15) is 39.3 Å². The van der Waals surface area contributed by atoms with Crippen LogP contribution in [0.2, 0.25) is 0 Å². The minimum atomic E-state index is -0.534. The van der Waals surface area contributed by atoms with Crippen LogP contribution < -0.4 is 5.73 Å². The number of carbonyl (C=O) groups is 1. The van der Waals surface area contributed by atoms with Gasteiger partial charge in [0.25, 0.3) is 0 Å². The summed E-state index contributed by atoms with van der Waals surface area (Å²) in [7, 11) is 0. The minimum Gasteiger partial charge on any atom is -0.460 e. The van der Waals surface area contributed by atoms with Crippen LogP contribution in [0.4, 0.5) is 4.39 Å². The largest absolute Gasteiger partial charge is 0.460 e. The lowest BCUT2D eigenvalue weighted by atomic mass is 9.95. The Bertz CT molecular complexity index is 409. The Kier molecular flexibility index (Phi) is 4.46. The third-order valence-corrected chi connectivity index (χ3v) is 2.57. The smallest absolute Gasteiger partial charge is 0.311 e. The van der Waals surface area contributed by atoms with Crippen LogP contribution >= 0.6 is 0 Å². The molecule has 0 fully saturated rings. The van der Waals surface area contributed by atoms with E-state index in [0.717, 1.165) is 5.56 Å². The Morgan fingerprint density at radius 3 is 2.22 bits per heavy atom. The molecule has 0 amide bonds. The molecule has 0 spiro atoms. The standard InChI is InChI=1S/C14H20FNO2/c1-9(13(17)18-14(2,3)4)12(16)10-5-7-11(15)8-6-10/h5-9,12H,16H2,1-4H3. The number of benzene rings is 1. The summed E-state index contributed by atoms with van der Waals surface area (Å²) in [6.07, 6.45) is 0. The van der Waals surface area contributed by atoms with Gasteiger partial charge in [0.05, 0.1) is 5.92 Å². The van der Waals surface area contributed by atoms with Crippen molar-refractivity contribution in [3.63, 3.8) is 0 Å². The molecule has 0 radical (unpaired) electrons. The Balaban J connectivity index is 2.74. The number of ether oxygens (including phenoxy) is 1. The van der Waals surface area contributed by atoms with Crippen LogP contribution in [0.5, 0.6) is 0 Å². The summed E-state index contributed by atoms with van der Waals surface area (Å²) in [5.41, 5.74) is 6.17. The van der Waals surface area contributed by atoms with E-state index < -0.39 is 17.6 Å². The van der Waals surface area contributed by atoms with E-state index in [1.807, 2.05) is 0 Å². The van der Waals surface area contributed by atoms with Crippen LogP contribution in [0.15, 0.2) is 24.3 Å². The predicted octanol–water partition coefficient (Wildman–Crippen LogP) is 2.80. The molecule has 1 aromatic rings. The second kappa shape index (κ2) is 5.48. The summed E-state index contributed by atoms with van der Waals surface area (Å²) < 4.78 is 18.1. The van der Waals surface area contributed by atoms with E-state index in [2.05, 4.69) is 0 Å². The van der Waals surface area contributed by atoms with Crippen molar-refractivity contribution in [3.8, 4) is 0 Å². The number of hydrogen-bond donors (Lipinski definition) is 1. The molecule has 0 aliphatic heterocycles. The van der Waals surface area contributed by atoms with Crippen molar-refractivity contribution < 1.29 is 13.9 Å². The molecular weight excluding hydrogens is 233 g/mol. The zero-order valence-electron chi connectivity index (χ0n) is 11.2. The number of halogens is 1. The number of hydrogen-bond acceptors (Lipinski definition) is 3. The highest BCUT2D eigenvalue weighted by Gasteiger charge is 2.27. The van der Waals surface area contributed by atoms with Crippen LogP contribution in [-0.2, 0) is 9.53 Å². The SMILES string of the molecule is CC(C(=O)OC(C)(C)C)C(N)c1ccc(F)cc1. The number of nitrogens with two attached hydrogens (primary N) is 1. The van der Waals surface area contributed by atoms with Crippen LogP contribution in [0, 0.1) is 11.7 Å². The lowest BCUT2D eigenvalue weighted by Gasteiger charge is -2.25. The second-order valence-corrected chi connectivity index (χ2v) is 5.40. The van der Waals surface area contributed by atoms with Gasteiger partial charge in [-0.15, -0.1) is 0 Å². The highest BCUT2D eigenvalue weighted by Crippen LogP contribution is 2.22. The zero-order valence-corrected chi connectivity index (χ0v) is 11.2. The monoisotopic (exact) mass is 253 g/mol. The lowest BCUT2D eigenvalue weighted by Crippen LogP contribution is -2.33. The van der Waals surface area contributed by atoms with Crippen molar-refractivity contribution in [1.82, 2.24) is 0 Å². The first-order valence-electron chi connectivity index (χ1n) is 5.94. The maximum Gasteiger partial charge on any atom is 0.311 e. The van der Waals surface area contributed by atoms with Crippen molar-refractivity contribution in [3.05, 3.63) is 35.6 Å². The van der Waals surface area contributed by atoms with Gasteiger partial charge in [0.2, 0.25) is 0 Å². The molecule has 18 heavy (non-hydrogen) atoms. The quantitative estimate of drug-likeness (QED) is 0.843. The van der Waals surface area contributed by atoms with E-state index in [9.17, 15) is 9.18 Å². The third kappa shape index (κ3) is 4.11. The highest BCUT2D eigenvalue weighted by molar-refractivity contribution is 5.73. The molecule has 0 heterocycles. The van der Waals surface area contributed by atoms with Gasteiger partial charge in [-0.25, -0.2) is 4.39 Å². The summed E-state index contributed by atoms with van der Waals surface area (Å²) in [6, 6.07) is 5.33. The summed E-state index contributed by atoms with van der Waals surface area (Å²) in [5.74, 6) is -1.15. The second-order valence-electron chi connectivity index (χ2n) is 5.40. The minimum absolute atomic E-state index is 0.323. The van der Waals surface area contributed by atoms with Crippen molar-refractivity contribution in [2.45, 2.75) is 39.3 Å². The molecular formula is C14H20FNO2. The summed E-state index contributed by atoms with van der Waals surface area (Å²) in [4.78, 5) is 11.9. The van der Waals surface area contributed by atoms with Gasteiger partial charge in [0, 0.05) is 6.04 Å². The highest BCUT2D eigenvalue weighted by atomic mass is 19.1. The van der Waals surface area contributed by atoms with E-state index in [1.54, 1.807) is 39.8 Å². The van der Waals surface area contributed by atoms with E-state index in [0.29, 0.717) is 0 Å². The van der Waals surface area contributed by atoms with Gasteiger partial charge in [-0.05, 0) is 38.5 Å².